The molecule has 1 heterocycles. The fraction of sp³-hybridized carbons (Fsp3) is 0.333. The van der Waals surface area contributed by atoms with E-state index in [-0.39, 0.29) is 33.9 Å². The first-order chi connectivity index (χ1) is 15.1. The largest absolute Gasteiger partial charge is 0.469 e. The van der Waals surface area contributed by atoms with E-state index in [2.05, 4.69) is 9.58 Å². The molecule has 1 fully saturated rings. The number of carbonyl (C=O) groups is 2. The topological polar surface area (TPSA) is 54.2 Å². The smallest absolute Gasteiger partial charge is 0.305 e. The van der Waals surface area contributed by atoms with Gasteiger partial charge in [-0.1, -0.05) is 18.2 Å². The van der Waals surface area contributed by atoms with Crippen LogP contribution in [0.25, 0.3) is 4.85 Å². The summed E-state index contributed by atoms with van der Waals surface area (Å²) in [6.07, 6.45) is 1.74. The van der Waals surface area contributed by atoms with Crippen LogP contribution in [0.15, 0.2) is 36.4 Å². The summed E-state index contributed by atoms with van der Waals surface area (Å²) in [5.41, 5.74) is 1.15. The summed E-state index contributed by atoms with van der Waals surface area (Å²) in [5.74, 6) is -1.22. The first-order valence-corrected chi connectivity index (χ1v) is 10.5. The SMILES string of the molecule is [C-]#[N+]c1ccc(N2C(=O)C(C)(C)N(c3ccc(CCCC(=O)OC)cc3)C2=S)c(F)c1C. The molecule has 0 N–H and O–H groups in total. The number of rotatable bonds is 6. The normalized spacial score (nSPS) is 15.1. The molecule has 1 aliphatic rings. The zero-order chi connectivity index (χ0) is 23.6. The molecule has 1 amide bonds. The van der Waals surface area contributed by atoms with Crippen LogP contribution in [-0.4, -0.2) is 29.6 Å². The fourth-order valence-corrected chi connectivity index (χ4v) is 4.26. The van der Waals surface area contributed by atoms with Crippen molar-refractivity contribution in [2.24, 2.45) is 0 Å². The van der Waals surface area contributed by atoms with Gasteiger partial charge in [-0.2, -0.15) is 0 Å². The number of aryl methyl sites for hydroxylation is 1. The Morgan fingerprint density at radius 3 is 2.47 bits per heavy atom. The molecule has 0 spiro atoms. The van der Waals surface area contributed by atoms with Gasteiger partial charge in [-0.15, -0.1) is 0 Å². The molecular weight excluding hydrogens is 429 g/mol. The van der Waals surface area contributed by atoms with Crippen LogP contribution >= 0.6 is 12.2 Å². The Morgan fingerprint density at radius 2 is 1.88 bits per heavy atom. The molecule has 166 valence electrons. The third-order valence-corrected chi connectivity index (χ3v) is 6.00. The Balaban J connectivity index is 1.88. The standard InChI is InChI=1S/C24H24FN3O3S/c1-15-18(26-4)13-14-19(21(15)25)27-22(30)24(2,3)28(23(27)32)17-11-9-16(10-12-17)7-6-8-20(29)31-5/h9-14H,6-8H2,1-3,5H3. The first-order valence-electron chi connectivity index (χ1n) is 10.1. The molecule has 2 aromatic carbocycles. The number of nitrogens with zero attached hydrogens (tertiary/aromatic N) is 3. The maximum Gasteiger partial charge on any atom is 0.305 e. The molecule has 0 aromatic heterocycles. The second kappa shape index (κ2) is 9.05. The van der Waals surface area contributed by atoms with Gasteiger partial charge in [0.1, 0.15) is 11.4 Å². The van der Waals surface area contributed by atoms with Crippen molar-refractivity contribution in [3.63, 3.8) is 0 Å². The van der Waals surface area contributed by atoms with Crippen molar-refractivity contribution in [2.75, 3.05) is 16.9 Å². The lowest BCUT2D eigenvalue weighted by molar-refractivity contribution is -0.140. The molecular formula is C24H24FN3O3S. The van der Waals surface area contributed by atoms with Gasteiger partial charge in [-0.3, -0.25) is 14.5 Å². The monoisotopic (exact) mass is 453 g/mol. The predicted octanol–water partition coefficient (Wildman–Crippen LogP) is 5.10. The number of anilines is 2. The number of hydrogen-bond donors (Lipinski definition) is 0. The summed E-state index contributed by atoms with van der Waals surface area (Å²) >= 11 is 5.61. The Bertz CT molecular complexity index is 1120. The van der Waals surface area contributed by atoms with Crippen LogP contribution in [0, 0.1) is 19.3 Å². The molecule has 32 heavy (non-hydrogen) atoms. The minimum atomic E-state index is -1.03. The Morgan fingerprint density at radius 1 is 1.22 bits per heavy atom. The Hall–Kier alpha value is -3.31. The van der Waals surface area contributed by atoms with Crippen LogP contribution in [0.1, 0.15) is 37.8 Å². The summed E-state index contributed by atoms with van der Waals surface area (Å²) in [7, 11) is 1.37. The van der Waals surface area contributed by atoms with Crippen molar-refractivity contribution in [1.29, 1.82) is 0 Å². The molecule has 0 bridgehead atoms. The highest BCUT2D eigenvalue weighted by molar-refractivity contribution is 7.81. The lowest BCUT2D eigenvalue weighted by Crippen LogP contribution is -2.44. The van der Waals surface area contributed by atoms with E-state index < -0.39 is 11.4 Å². The highest BCUT2D eigenvalue weighted by Gasteiger charge is 2.50. The molecule has 8 heteroatoms. The van der Waals surface area contributed by atoms with Crippen LogP contribution < -0.4 is 9.80 Å². The zero-order valence-electron chi connectivity index (χ0n) is 18.4. The van der Waals surface area contributed by atoms with Crippen molar-refractivity contribution in [2.45, 2.75) is 45.6 Å². The fourth-order valence-electron chi connectivity index (χ4n) is 3.75. The van der Waals surface area contributed by atoms with Crippen molar-refractivity contribution in [3.8, 4) is 0 Å². The van der Waals surface area contributed by atoms with Crippen molar-refractivity contribution < 1.29 is 18.7 Å². The number of esters is 1. The third-order valence-electron chi connectivity index (χ3n) is 5.64. The van der Waals surface area contributed by atoms with Gasteiger partial charge in [0.2, 0.25) is 0 Å². The number of carbonyl (C=O) groups excluding carboxylic acids is 2. The van der Waals surface area contributed by atoms with Crippen LogP contribution in [0.5, 0.6) is 0 Å². The summed E-state index contributed by atoms with van der Waals surface area (Å²) in [6.45, 7) is 12.2. The Kier molecular flexibility index (Phi) is 6.60. The number of amides is 1. The first kappa shape index (κ1) is 23.4. The number of ether oxygens (including phenoxy) is 1. The van der Waals surface area contributed by atoms with E-state index in [9.17, 15) is 9.59 Å². The van der Waals surface area contributed by atoms with E-state index in [1.54, 1.807) is 18.7 Å². The average molecular weight is 454 g/mol. The van der Waals surface area contributed by atoms with E-state index in [1.165, 1.54) is 31.1 Å². The summed E-state index contributed by atoms with van der Waals surface area (Å²) < 4.78 is 19.7. The lowest BCUT2D eigenvalue weighted by atomic mass is 10.0. The van der Waals surface area contributed by atoms with Gasteiger partial charge in [0, 0.05) is 12.1 Å². The van der Waals surface area contributed by atoms with Crippen molar-refractivity contribution >= 4 is 46.3 Å². The van der Waals surface area contributed by atoms with Crippen LogP contribution in [0.3, 0.4) is 0 Å². The van der Waals surface area contributed by atoms with E-state index >= 15 is 4.39 Å². The van der Waals surface area contributed by atoms with E-state index in [0.29, 0.717) is 24.9 Å². The average Bonchev–Trinajstić information content (AvgIpc) is 2.94. The molecule has 0 atom stereocenters. The molecule has 2 aromatic rings. The van der Waals surface area contributed by atoms with E-state index in [0.717, 1.165) is 5.56 Å². The lowest BCUT2D eigenvalue weighted by Gasteiger charge is -2.29. The minimum Gasteiger partial charge on any atom is -0.469 e. The van der Waals surface area contributed by atoms with Crippen LogP contribution in [-0.2, 0) is 20.7 Å². The van der Waals surface area contributed by atoms with Gasteiger partial charge in [-0.05, 0) is 75.2 Å². The van der Waals surface area contributed by atoms with Gasteiger partial charge in [0.25, 0.3) is 5.91 Å². The molecule has 3 rings (SSSR count). The van der Waals surface area contributed by atoms with Gasteiger partial charge in [0.15, 0.2) is 10.8 Å². The highest BCUT2D eigenvalue weighted by atomic mass is 32.1. The molecule has 0 radical (unpaired) electrons. The van der Waals surface area contributed by atoms with Gasteiger partial charge < -0.3 is 9.64 Å². The molecule has 0 aliphatic carbocycles. The molecule has 1 aliphatic heterocycles. The molecule has 1 saturated heterocycles. The van der Waals surface area contributed by atoms with Crippen molar-refractivity contribution in [3.05, 3.63) is 64.8 Å². The zero-order valence-corrected chi connectivity index (χ0v) is 19.3. The highest BCUT2D eigenvalue weighted by Crippen LogP contribution is 2.39. The molecule has 0 saturated carbocycles. The quantitative estimate of drug-likeness (QED) is 0.346. The van der Waals surface area contributed by atoms with Crippen LogP contribution in [0.2, 0.25) is 0 Å². The number of hydrogen-bond acceptors (Lipinski definition) is 4. The van der Waals surface area contributed by atoms with Gasteiger partial charge in [-0.25, -0.2) is 9.24 Å². The van der Waals surface area contributed by atoms with Crippen LogP contribution in [0.4, 0.5) is 21.5 Å². The maximum absolute atomic E-state index is 15.0. The van der Waals surface area contributed by atoms with Crippen molar-refractivity contribution in [1.82, 2.24) is 0 Å². The van der Waals surface area contributed by atoms with Gasteiger partial charge >= 0.3 is 5.97 Å². The molecule has 0 unspecified atom stereocenters. The number of benzene rings is 2. The summed E-state index contributed by atoms with van der Waals surface area (Å²) in [5, 5.41) is 0.173. The second-order valence-electron chi connectivity index (χ2n) is 8.07. The predicted molar refractivity (Wildman–Crippen MR) is 125 cm³/mol. The number of thiocarbonyl (C=S) groups is 1. The number of methoxy groups -OCH3 is 1. The van der Waals surface area contributed by atoms with Gasteiger partial charge in [0.05, 0.1) is 19.4 Å². The minimum absolute atomic E-state index is 0.0416. The Labute approximate surface area is 192 Å². The second-order valence-corrected chi connectivity index (χ2v) is 8.43. The van der Waals surface area contributed by atoms with E-state index in [4.69, 9.17) is 18.8 Å². The third kappa shape index (κ3) is 4.08. The van der Waals surface area contributed by atoms with E-state index in [1.807, 2.05) is 24.3 Å². The number of halogens is 1. The maximum atomic E-state index is 15.0. The summed E-state index contributed by atoms with van der Waals surface area (Å²) in [4.78, 5) is 30.8. The summed E-state index contributed by atoms with van der Waals surface area (Å²) in [6, 6.07) is 10.5. The molecule has 6 nitrogen and oxygen atoms in total.